The van der Waals surface area contributed by atoms with Crippen molar-refractivity contribution in [2.24, 2.45) is 0 Å². The van der Waals surface area contributed by atoms with Gasteiger partial charge in [0.15, 0.2) is 0 Å². The van der Waals surface area contributed by atoms with Gasteiger partial charge in [0, 0.05) is 43.1 Å². The van der Waals surface area contributed by atoms with Crippen molar-refractivity contribution in [2.75, 3.05) is 36.5 Å². The van der Waals surface area contributed by atoms with E-state index < -0.39 is 0 Å². The zero-order chi connectivity index (χ0) is 14.7. The third kappa shape index (κ3) is 3.34. The number of benzene rings is 1. The highest BCUT2D eigenvalue weighted by Crippen LogP contribution is 2.28. The van der Waals surface area contributed by atoms with Crippen LogP contribution in [0.3, 0.4) is 0 Å². The van der Waals surface area contributed by atoms with E-state index in [-0.39, 0.29) is 0 Å². The molecule has 3 rings (SSSR count). The van der Waals surface area contributed by atoms with Crippen LogP contribution >= 0.6 is 0 Å². The average Bonchev–Trinajstić information content (AvgIpc) is 2.56. The maximum atomic E-state index is 3.43. The number of piperidine rings is 2. The van der Waals surface area contributed by atoms with Crippen LogP contribution in [0.4, 0.5) is 11.4 Å². The molecule has 2 unspecified atom stereocenters. The second kappa shape index (κ2) is 6.69. The summed E-state index contributed by atoms with van der Waals surface area (Å²) >= 11 is 0. The monoisotopic (exact) mass is 287 g/mol. The van der Waals surface area contributed by atoms with E-state index in [1.807, 2.05) is 0 Å². The van der Waals surface area contributed by atoms with Crippen LogP contribution in [0, 0.1) is 0 Å². The van der Waals surface area contributed by atoms with E-state index in [2.05, 4.69) is 53.4 Å². The largest absolute Gasteiger partial charge is 0.372 e. The number of nitrogens with zero attached hydrogens (tertiary/aromatic N) is 2. The summed E-state index contributed by atoms with van der Waals surface area (Å²) < 4.78 is 0. The molecule has 0 aliphatic carbocycles. The Labute approximate surface area is 129 Å². The first-order valence-corrected chi connectivity index (χ1v) is 8.57. The molecule has 1 N–H and O–H groups in total. The molecule has 1 aromatic carbocycles. The van der Waals surface area contributed by atoms with Crippen molar-refractivity contribution >= 4 is 11.4 Å². The minimum Gasteiger partial charge on any atom is -0.372 e. The Kier molecular flexibility index (Phi) is 4.69. The zero-order valence-corrected chi connectivity index (χ0v) is 13.5. The maximum Gasteiger partial charge on any atom is 0.0370 e. The van der Waals surface area contributed by atoms with Gasteiger partial charge in [0.1, 0.15) is 0 Å². The van der Waals surface area contributed by atoms with Gasteiger partial charge in [-0.2, -0.15) is 0 Å². The van der Waals surface area contributed by atoms with Crippen LogP contribution in [-0.2, 0) is 0 Å². The third-order valence-electron chi connectivity index (χ3n) is 5.19. The molecule has 0 aromatic heterocycles. The fraction of sp³-hybridized carbons (Fsp3) is 0.667. The quantitative estimate of drug-likeness (QED) is 0.920. The van der Waals surface area contributed by atoms with Gasteiger partial charge in [-0.05, 0) is 70.3 Å². The van der Waals surface area contributed by atoms with Gasteiger partial charge in [-0.1, -0.05) is 0 Å². The van der Waals surface area contributed by atoms with Crippen LogP contribution < -0.4 is 15.1 Å². The van der Waals surface area contributed by atoms with Crippen LogP contribution in [0.2, 0.25) is 0 Å². The summed E-state index contributed by atoms with van der Waals surface area (Å²) in [7, 11) is 2.08. The molecule has 0 radical (unpaired) electrons. The summed E-state index contributed by atoms with van der Waals surface area (Å²) in [5.74, 6) is 0. The van der Waals surface area contributed by atoms with Gasteiger partial charge >= 0.3 is 0 Å². The predicted octanol–water partition coefficient (Wildman–Crippen LogP) is 3.25. The van der Waals surface area contributed by atoms with Crippen molar-refractivity contribution in [2.45, 2.75) is 51.1 Å². The first-order valence-electron chi connectivity index (χ1n) is 8.57. The van der Waals surface area contributed by atoms with E-state index in [9.17, 15) is 0 Å². The maximum absolute atomic E-state index is 3.43. The van der Waals surface area contributed by atoms with Crippen molar-refractivity contribution in [3.63, 3.8) is 0 Å². The van der Waals surface area contributed by atoms with E-state index in [1.165, 1.54) is 56.6 Å². The summed E-state index contributed by atoms with van der Waals surface area (Å²) in [6.45, 7) is 5.96. The SMILES string of the molecule is CNC1CCN(c2ccc(N3CCCCC3)cc2)C(C)C1. The molecule has 2 heterocycles. The summed E-state index contributed by atoms with van der Waals surface area (Å²) in [6.07, 6.45) is 6.57. The van der Waals surface area contributed by atoms with E-state index in [4.69, 9.17) is 0 Å². The third-order valence-corrected chi connectivity index (χ3v) is 5.19. The summed E-state index contributed by atoms with van der Waals surface area (Å²) in [5.41, 5.74) is 2.79. The molecular weight excluding hydrogens is 258 g/mol. The number of anilines is 2. The fourth-order valence-electron chi connectivity index (χ4n) is 3.82. The van der Waals surface area contributed by atoms with Crippen molar-refractivity contribution in [1.82, 2.24) is 5.32 Å². The van der Waals surface area contributed by atoms with Gasteiger partial charge in [0.05, 0.1) is 0 Å². The van der Waals surface area contributed by atoms with Gasteiger partial charge in [-0.25, -0.2) is 0 Å². The molecule has 21 heavy (non-hydrogen) atoms. The molecule has 3 nitrogen and oxygen atoms in total. The number of nitrogens with one attached hydrogen (secondary N) is 1. The number of hydrogen-bond donors (Lipinski definition) is 1. The minimum absolute atomic E-state index is 0.622. The van der Waals surface area contributed by atoms with Gasteiger partial charge in [0.2, 0.25) is 0 Å². The van der Waals surface area contributed by atoms with Crippen LogP contribution in [0.5, 0.6) is 0 Å². The molecule has 2 aliphatic heterocycles. The summed E-state index contributed by atoms with van der Waals surface area (Å²) in [5, 5.41) is 3.43. The Bertz CT molecular complexity index is 436. The van der Waals surface area contributed by atoms with Crippen molar-refractivity contribution < 1.29 is 0 Å². The molecule has 0 spiro atoms. The number of hydrogen-bond acceptors (Lipinski definition) is 3. The standard InChI is InChI=1S/C18H29N3/c1-15-14-16(19-2)10-13-21(15)18-8-6-17(7-9-18)20-11-4-3-5-12-20/h6-9,15-16,19H,3-5,10-14H2,1-2H3. The van der Waals surface area contributed by atoms with Gasteiger partial charge in [-0.15, -0.1) is 0 Å². The molecule has 116 valence electrons. The van der Waals surface area contributed by atoms with E-state index in [0.717, 1.165) is 6.54 Å². The lowest BCUT2D eigenvalue weighted by Crippen LogP contribution is -2.46. The highest BCUT2D eigenvalue weighted by atomic mass is 15.2. The molecule has 0 saturated carbocycles. The highest BCUT2D eigenvalue weighted by molar-refractivity contribution is 5.57. The highest BCUT2D eigenvalue weighted by Gasteiger charge is 2.24. The molecule has 2 saturated heterocycles. The lowest BCUT2D eigenvalue weighted by atomic mass is 9.97. The Morgan fingerprint density at radius 3 is 2.24 bits per heavy atom. The first kappa shape index (κ1) is 14.7. The molecule has 2 aliphatic rings. The van der Waals surface area contributed by atoms with E-state index >= 15 is 0 Å². The van der Waals surface area contributed by atoms with E-state index in [0.29, 0.717) is 12.1 Å². The van der Waals surface area contributed by atoms with Crippen molar-refractivity contribution in [1.29, 1.82) is 0 Å². The van der Waals surface area contributed by atoms with Gasteiger partial charge in [0.25, 0.3) is 0 Å². The molecule has 0 amide bonds. The summed E-state index contributed by atoms with van der Waals surface area (Å²) in [4.78, 5) is 5.10. The second-order valence-electron chi connectivity index (χ2n) is 6.62. The molecular formula is C18H29N3. The van der Waals surface area contributed by atoms with Crippen LogP contribution in [-0.4, -0.2) is 38.8 Å². The average molecular weight is 287 g/mol. The van der Waals surface area contributed by atoms with Crippen LogP contribution in [0.25, 0.3) is 0 Å². The van der Waals surface area contributed by atoms with Crippen molar-refractivity contribution in [3.8, 4) is 0 Å². The second-order valence-corrected chi connectivity index (χ2v) is 6.62. The molecule has 3 heteroatoms. The Morgan fingerprint density at radius 1 is 0.952 bits per heavy atom. The topological polar surface area (TPSA) is 18.5 Å². The molecule has 2 atom stereocenters. The minimum atomic E-state index is 0.622. The van der Waals surface area contributed by atoms with Crippen molar-refractivity contribution in [3.05, 3.63) is 24.3 Å². The Morgan fingerprint density at radius 2 is 1.62 bits per heavy atom. The smallest absolute Gasteiger partial charge is 0.0370 e. The Balaban J connectivity index is 1.66. The molecule has 0 bridgehead atoms. The summed E-state index contributed by atoms with van der Waals surface area (Å²) in [6, 6.07) is 10.6. The van der Waals surface area contributed by atoms with E-state index in [1.54, 1.807) is 0 Å². The molecule has 2 fully saturated rings. The Hall–Kier alpha value is -1.22. The lowest BCUT2D eigenvalue weighted by molar-refractivity contribution is 0.387. The zero-order valence-electron chi connectivity index (χ0n) is 13.5. The lowest BCUT2D eigenvalue weighted by Gasteiger charge is -2.39. The van der Waals surface area contributed by atoms with Crippen LogP contribution in [0.15, 0.2) is 24.3 Å². The fourth-order valence-corrected chi connectivity index (χ4v) is 3.82. The first-order chi connectivity index (χ1) is 10.3. The van der Waals surface area contributed by atoms with Gasteiger partial charge in [-0.3, -0.25) is 0 Å². The van der Waals surface area contributed by atoms with Crippen LogP contribution in [0.1, 0.15) is 39.0 Å². The van der Waals surface area contributed by atoms with Gasteiger partial charge < -0.3 is 15.1 Å². The number of rotatable bonds is 3. The molecule has 1 aromatic rings. The normalized spacial score (nSPS) is 27.0. The predicted molar refractivity (Wildman–Crippen MR) is 91.4 cm³/mol.